The van der Waals surface area contributed by atoms with Gasteiger partial charge in [-0.25, -0.2) is 4.39 Å². The van der Waals surface area contributed by atoms with Gasteiger partial charge in [-0.2, -0.15) is 0 Å². The molecule has 0 aliphatic rings. The van der Waals surface area contributed by atoms with Gasteiger partial charge >= 0.3 is 0 Å². The molecule has 0 saturated carbocycles. The molecule has 0 saturated heterocycles. The normalized spacial score (nSPS) is 11.3. The third-order valence-corrected chi connectivity index (χ3v) is 2.89. The molecule has 0 atom stereocenters. The molecule has 18 heavy (non-hydrogen) atoms. The smallest absolute Gasteiger partial charge is 0.164 e. The average Bonchev–Trinajstić information content (AvgIpc) is 2.28. The molecule has 100 valence electrons. The van der Waals surface area contributed by atoms with Gasteiger partial charge in [0.25, 0.3) is 0 Å². The van der Waals surface area contributed by atoms with Crippen LogP contribution in [0.4, 0.5) is 4.39 Å². The van der Waals surface area contributed by atoms with Crippen molar-refractivity contribution >= 4 is 5.78 Å². The summed E-state index contributed by atoms with van der Waals surface area (Å²) in [5, 5.41) is 0. The number of rotatable bonds is 6. The van der Waals surface area contributed by atoms with Crippen LogP contribution in [0, 0.1) is 18.7 Å². The molecule has 0 spiro atoms. The molecule has 0 bridgehead atoms. The van der Waals surface area contributed by atoms with Gasteiger partial charge in [0.05, 0.1) is 0 Å². The second-order valence-corrected chi connectivity index (χ2v) is 5.29. The van der Waals surface area contributed by atoms with E-state index in [1.54, 1.807) is 19.1 Å². The first-order valence-corrected chi connectivity index (χ1v) is 6.38. The van der Waals surface area contributed by atoms with Gasteiger partial charge in [-0.3, -0.25) is 4.79 Å². The standard InChI is InChI=1S/C15H22FNO/c1-11(2)10-17(4)8-7-15(18)13-6-5-12(3)14(16)9-13/h5-6,9,11H,7-8,10H2,1-4H3. The minimum absolute atomic E-state index is 0.00417. The van der Waals surface area contributed by atoms with Crippen LogP contribution in [0.3, 0.4) is 0 Å². The molecule has 0 aromatic heterocycles. The fourth-order valence-electron chi connectivity index (χ4n) is 1.92. The fraction of sp³-hybridized carbons (Fsp3) is 0.533. The Hall–Kier alpha value is -1.22. The van der Waals surface area contributed by atoms with Crippen molar-refractivity contribution in [1.29, 1.82) is 0 Å². The Balaban J connectivity index is 2.52. The third kappa shape index (κ3) is 4.57. The zero-order chi connectivity index (χ0) is 13.7. The zero-order valence-electron chi connectivity index (χ0n) is 11.7. The van der Waals surface area contributed by atoms with Crippen LogP contribution in [-0.2, 0) is 0 Å². The summed E-state index contributed by atoms with van der Waals surface area (Å²) in [6.07, 6.45) is 0.436. The van der Waals surface area contributed by atoms with Crippen LogP contribution >= 0.6 is 0 Å². The number of aryl methyl sites for hydroxylation is 1. The SMILES string of the molecule is Cc1ccc(C(=O)CCN(C)CC(C)C)cc1F. The van der Waals surface area contributed by atoms with Gasteiger partial charge in [-0.05, 0) is 31.5 Å². The molecule has 0 aliphatic heterocycles. The maximum absolute atomic E-state index is 13.3. The van der Waals surface area contributed by atoms with Crippen LogP contribution in [0.25, 0.3) is 0 Å². The van der Waals surface area contributed by atoms with Crippen molar-refractivity contribution < 1.29 is 9.18 Å². The van der Waals surface area contributed by atoms with E-state index < -0.39 is 0 Å². The largest absolute Gasteiger partial charge is 0.306 e. The summed E-state index contributed by atoms with van der Waals surface area (Å²) in [5.74, 6) is 0.280. The molecule has 1 aromatic carbocycles. The van der Waals surface area contributed by atoms with E-state index in [0.29, 0.717) is 30.0 Å². The third-order valence-electron chi connectivity index (χ3n) is 2.89. The highest BCUT2D eigenvalue weighted by Crippen LogP contribution is 2.11. The van der Waals surface area contributed by atoms with Gasteiger partial charge in [0, 0.05) is 25.1 Å². The van der Waals surface area contributed by atoms with Crippen LogP contribution in [0.5, 0.6) is 0 Å². The fourth-order valence-corrected chi connectivity index (χ4v) is 1.92. The van der Waals surface area contributed by atoms with E-state index in [1.165, 1.54) is 6.07 Å². The molecule has 1 rings (SSSR count). The lowest BCUT2D eigenvalue weighted by Crippen LogP contribution is -2.26. The average molecular weight is 251 g/mol. The summed E-state index contributed by atoms with van der Waals surface area (Å²) >= 11 is 0. The summed E-state index contributed by atoms with van der Waals surface area (Å²) in [4.78, 5) is 14.0. The lowest BCUT2D eigenvalue weighted by molar-refractivity contribution is 0.0966. The second kappa shape index (κ2) is 6.64. The minimum Gasteiger partial charge on any atom is -0.306 e. The van der Waals surface area contributed by atoms with Gasteiger partial charge in [-0.15, -0.1) is 0 Å². The number of hydrogen-bond donors (Lipinski definition) is 0. The van der Waals surface area contributed by atoms with Crippen molar-refractivity contribution in [2.24, 2.45) is 5.92 Å². The van der Waals surface area contributed by atoms with Crippen molar-refractivity contribution in [2.75, 3.05) is 20.1 Å². The van der Waals surface area contributed by atoms with E-state index in [0.717, 1.165) is 6.54 Å². The van der Waals surface area contributed by atoms with Crippen LogP contribution in [0.2, 0.25) is 0 Å². The van der Waals surface area contributed by atoms with Crippen LogP contribution in [-0.4, -0.2) is 30.8 Å². The molecule has 0 fully saturated rings. The van der Waals surface area contributed by atoms with Crippen molar-refractivity contribution in [3.05, 3.63) is 35.1 Å². The maximum Gasteiger partial charge on any atom is 0.164 e. The van der Waals surface area contributed by atoms with Gasteiger partial charge < -0.3 is 4.90 Å². The van der Waals surface area contributed by atoms with E-state index in [4.69, 9.17) is 0 Å². The minimum atomic E-state index is -0.309. The number of halogens is 1. The predicted molar refractivity (Wildman–Crippen MR) is 72.4 cm³/mol. The summed E-state index contributed by atoms with van der Waals surface area (Å²) in [6, 6.07) is 4.68. The van der Waals surface area contributed by atoms with E-state index in [9.17, 15) is 9.18 Å². The van der Waals surface area contributed by atoms with Crippen LogP contribution < -0.4 is 0 Å². The molecular weight excluding hydrogens is 229 g/mol. The van der Waals surface area contributed by atoms with Gasteiger partial charge in [-0.1, -0.05) is 26.0 Å². The van der Waals surface area contributed by atoms with Crippen molar-refractivity contribution in [1.82, 2.24) is 4.90 Å². The summed E-state index contributed by atoms with van der Waals surface area (Å²) in [5.41, 5.74) is 1.04. The summed E-state index contributed by atoms with van der Waals surface area (Å²) < 4.78 is 13.3. The first-order valence-electron chi connectivity index (χ1n) is 6.38. The Bertz CT molecular complexity index is 415. The molecule has 0 amide bonds. The highest BCUT2D eigenvalue weighted by atomic mass is 19.1. The van der Waals surface area contributed by atoms with Gasteiger partial charge in [0.2, 0.25) is 0 Å². The highest BCUT2D eigenvalue weighted by Gasteiger charge is 2.10. The Morgan fingerprint density at radius 1 is 1.39 bits per heavy atom. The molecule has 0 heterocycles. The van der Waals surface area contributed by atoms with Gasteiger partial charge in [0.1, 0.15) is 5.82 Å². The zero-order valence-corrected chi connectivity index (χ0v) is 11.7. The number of hydrogen-bond acceptors (Lipinski definition) is 2. The molecular formula is C15H22FNO. The van der Waals surface area contributed by atoms with E-state index in [-0.39, 0.29) is 11.6 Å². The molecule has 0 unspecified atom stereocenters. The van der Waals surface area contributed by atoms with Crippen molar-refractivity contribution in [3.8, 4) is 0 Å². The number of nitrogens with zero attached hydrogens (tertiary/aromatic N) is 1. The number of benzene rings is 1. The monoisotopic (exact) mass is 251 g/mol. The second-order valence-electron chi connectivity index (χ2n) is 5.29. The molecule has 0 radical (unpaired) electrons. The predicted octanol–water partition coefficient (Wildman–Crippen LogP) is 3.29. The van der Waals surface area contributed by atoms with Crippen molar-refractivity contribution in [3.63, 3.8) is 0 Å². The topological polar surface area (TPSA) is 20.3 Å². The number of Topliss-reactive ketones (excluding diaryl/α,β-unsaturated/α-hetero) is 1. The molecule has 3 heteroatoms. The summed E-state index contributed by atoms with van der Waals surface area (Å²) in [7, 11) is 2.00. The quantitative estimate of drug-likeness (QED) is 0.723. The molecule has 0 aliphatic carbocycles. The van der Waals surface area contributed by atoms with E-state index in [2.05, 4.69) is 18.7 Å². The number of carbonyl (C=O) groups is 1. The number of carbonyl (C=O) groups excluding carboxylic acids is 1. The van der Waals surface area contributed by atoms with Gasteiger partial charge in [0.15, 0.2) is 5.78 Å². The van der Waals surface area contributed by atoms with Crippen LogP contribution in [0.1, 0.15) is 36.2 Å². The first kappa shape index (κ1) is 14.8. The molecule has 1 aromatic rings. The molecule has 2 nitrogen and oxygen atoms in total. The lowest BCUT2D eigenvalue weighted by Gasteiger charge is -2.18. The Morgan fingerprint density at radius 3 is 2.61 bits per heavy atom. The summed E-state index contributed by atoms with van der Waals surface area (Å²) in [6.45, 7) is 7.67. The Morgan fingerprint density at radius 2 is 2.06 bits per heavy atom. The maximum atomic E-state index is 13.3. The Labute approximate surface area is 109 Å². The highest BCUT2D eigenvalue weighted by molar-refractivity contribution is 5.96. The van der Waals surface area contributed by atoms with Crippen LogP contribution in [0.15, 0.2) is 18.2 Å². The van der Waals surface area contributed by atoms with E-state index in [1.807, 2.05) is 7.05 Å². The van der Waals surface area contributed by atoms with E-state index >= 15 is 0 Å². The first-order chi connectivity index (χ1) is 8.40. The Kier molecular flexibility index (Phi) is 5.48. The molecule has 0 N–H and O–H groups in total. The lowest BCUT2D eigenvalue weighted by atomic mass is 10.1. The van der Waals surface area contributed by atoms with Crippen molar-refractivity contribution in [2.45, 2.75) is 27.2 Å². The number of ketones is 1.